The van der Waals surface area contributed by atoms with Gasteiger partial charge in [0.1, 0.15) is 22.9 Å². The molecule has 3 rings (SSSR count). The molecule has 0 spiro atoms. The first-order chi connectivity index (χ1) is 13.4. The maximum absolute atomic E-state index is 11.6. The van der Waals surface area contributed by atoms with Gasteiger partial charge in [0, 0.05) is 11.5 Å². The highest BCUT2D eigenvalue weighted by Crippen LogP contribution is 2.41. The van der Waals surface area contributed by atoms with Crippen LogP contribution < -0.4 is 5.32 Å². The molecule has 3 aromatic rings. The Morgan fingerprint density at radius 3 is 2.57 bits per heavy atom. The van der Waals surface area contributed by atoms with E-state index in [1.54, 1.807) is 24.3 Å². The standard InChI is InChI=1S/C18H14N4O6/c1-28-18(25)19-13-4-2-3-10-5-8-14(23)17(16(10)13)21-20-12-7-6-11(22(26)27)9-15(12)24/h2-9,23-24H,1H3,(H,19,25). The fourth-order valence-corrected chi connectivity index (χ4v) is 2.53. The van der Waals surface area contributed by atoms with Crippen LogP contribution in [0.4, 0.5) is 27.5 Å². The van der Waals surface area contributed by atoms with Crippen molar-refractivity contribution in [2.24, 2.45) is 10.2 Å². The summed E-state index contributed by atoms with van der Waals surface area (Å²) < 4.78 is 4.59. The van der Waals surface area contributed by atoms with Gasteiger partial charge in [0.15, 0.2) is 0 Å². The van der Waals surface area contributed by atoms with Crippen LogP contribution in [0.1, 0.15) is 0 Å². The van der Waals surface area contributed by atoms with E-state index in [9.17, 15) is 25.1 Å². The lowest BCUT2D eigenvalue weighted by Gasteiger charge is -2.10. The average molecular weight is 382 g/mol. The van der Waals surface area contributed by atoms with Crippen molar-refractivity contribution >= 4 is 39.6 Å². The molecule has 0 saturated carbocycles. The Bertz CT molecular complexity index is 1110. The van der Waals surface area contributed by atoms with E-state index in [0.29, 0.717) is 16.5 Å². The number of methoxy groups -OCH3 is 1. The number of nitro benzene ring substituents is 1. The SMILES string of the molecule is COC(=O)Nc1cccc2ccc(O)c(N=Nc3ccc([N+](=O)[O-])cc3O)c12. The van der Waals surface area contributed by atoms with Gasteiger partial charge in [-0.3, -0.25) is 15.4 Å². The van der Waals surface area contributed by atoms with Crippen LogP contribution in [-0.2, 0) is 4.74 Å². The van der Waals surface area contributed by atoms with Gasteiger partial charge >= 0.3 is 6.09 Å². The molecule has 0 heterocycles. The molecule has 0 saturated heterocycles. The summed E-state index contributed by atoms with van der Waals surface area (Å²) in [4.78, 5) is 21.7. The highest BCUT2D eigenvalue weighted by atomic mass is 16.6. The number of carbonyl (C=O) groups is 1. The molecule has 1 amide bonds. The molecular weight excluding hydrogens is 368 g/mol. The van der Waals surface area contributed by atoms with E-state index >= 15 is 0 Å². The number of azo groups is 1. The first-order valence-electron chi connectivity index (χ1n) is 7.89. The zero-order valence-electron chi connectivity index (χ0n) is 14.5. The van der Waals surface area contributed by atoms with Crippen molar-refractivity contribution in [3.8, 4) is 11.5 Å². The van der Waals surface area contributed by atoms with E-state index in [4.69, 9.17) is 0 Å². The van der Waals surface area contributed by atoms with Crippen LogP contribution in [0.25, 0.3) is 10.8 Å². The van der Waals surface area contributed by atoms with Gasteiger partial charge in [-0.1, -0.05) is 18.2 Å². The van der Waals surface area contributed by atoms with Gasteiger partial charge < -0.3 is 14.9 Å². The number of hydrogen-bond acceptors (Lipinski definition) is 8. The van der Waals surface area contributed by atoms with Crippen molar-refractivity contribution in [2.45, 2.75) is 0 Å². The molecule has 0 unspecified atom stereocenters. The molecule has 3 N–H and O–H groups in total. The minimum absolute atomic E-state index is 0.0274. The van der Waals surface area contributed by atoms with Crippen LogP contribution in [0, 0.1) is 10.1 Å². The lowest BCUT2D eigenvalue weighted by molar-refractivity contribution is -0.384. The fourth-order valence-electron chi connectivity index (χ4n) is 2.53. The lowest BCUT2D eigenvalue weighted by atomic mass is 10.1. The van der Waals surface area contributed by atoms with Gasteiger partial charge in [-0.15, -0.1) is 10.2 Å². The third kappa shape index (κ3) is 3.65. The summed E-state index contributed by atoms with van der Waals surface area (Å²) in [5.41, 5.74) is 0.0545. The number of carbonyl (C=O) groups excluding carboxylic acids is 1. The third-order valence-electron chi connectivity index (χ3n) is 3.85. The minimum Gasteiger partial charge on any atom is -0.506 e. The number of phenols is 2. The second kappa shape index (κ2) is 7.58. The van der Waals surface area contributed by atoms with Gasteiger partial charge in [-0.2, -0.15) is 0 Å². The van der Waals surface area contributed by atoms with Crippen LogP contribution in [0.5, 0.6) is 11.5 Å². The molecule has 10 heteroatoms. The second-order valence-electron chi connectivity index (χ2n) is 5.58. The number of hydrogen-bond donors (Lipinski definition) is 3. The molecule has 3 aromatic carbocycles. The molecule has 0 fully saturated rings. The Balaban J connectivity index is 2.10. The first kappa shape index (κ1) is 18.6. The number of phenolic OH excluding ortho intramolecular Hbond substituents is 2. The van der Waals surface area contributed by atoms with E-state index in [1.807, 2.05) is 0 Å². The van der Waals surface area contributed by atoms with Gasteiger partial charge in [0.25, 0.3) is 5.69 Å². The first-order valence-corrected chi connectivity index (χ1v) is 7.89. The number of nitrogens with zero attached hydrogens (tertiary/aromatic N) is 3. The second-order valence-corrected chi connectivity index (χ2v) is 5.58. The smallest absolute Gasteiger partial charge is 0.411 e. The van der Waals surface area contributed by atoms with E-state index in [2.05, 4.69) is 20.3 Å². The summed E-state index contributed by atoms with van der Waals surface area (Å²) in [6, 6.07) is 11.4. The van der Waals surface area contributed by atoms with E-state index in [-0.39, 0.29) is 22.8 Å². The molecule has 0 bridgehead atoms. The summed E-state index contributed by atoms with van der Waals surface area (Å²) in [5, 5.41) is 42.4. The Morgan fingerprint density at radius 1 is 1.11 bits per heavy atom. The Kier molecular flexibility index (Phi) is 5.03. The zero-order valence-corrected chi connectivity index (χ0v) is 14.5. The number of benzene rings is 3. The molecule has 0 aliphatic heterocycles. The summed E-state index contributed by atoms with van der Waals surface area (Å²) >= 11 is 0. The molecule has 10 nitrogen and oxygen atoms in total. The quantitative estimate of drug-likeness (QED) is 0.337. The van der Waals surface area contributed by atoms with Gasteiger partial charge in [0.05, 0.1) is 23.8 Å². The summed E-state index contributed by atoms with van der Waals surface area (Å²) in [6.45, 7) is 0. The molecule has 0 aromatic heterocycles. The number of rotatable bonds is 4. The van der Waals surface area contributed by atoms with Crippen LogP contribution in [-0.4, -0.2) is 28.3 Å². The van der Waals surface area contributed by atoms with Crippen molar-refractivity contribution in [3.63, 3.8) is 0 Å². The number of ether oxygens (including phenoxy) is 1. The zero-order chi connectivity index (χ0) is 20.3. The summed E-state index contributed by atoms with van der Waals surface area (Å²) in [6.07, 6.45) is -0.702. The normalized spacial score (nSPS) is 10.9. The minimum atomic E-state index is -0.702. The van der Waals surface area contributed by atoms with E-state index in [1.165, 1.54) is 25.3 Å². The Hall–Kier alpha value is -4.21. The molecule has 0 aliphatic carbocycles. The fraction of sp³-hybridized carbons (Fsp3) is 0.0556. The number of amides is 1. The van der Waals surface area contributed by atoms with Crippen molar-refractivity contribution in [2.75, 3.05) is 12.4 Å². The Morgan fingerprint density at radius 2 is 1.89 bits per heavy atom. The number of fused-ring (bicyclic) bond motifs is 1. The number of anilines is 1. The predicted molar refractivity (Wildman–Crippen MR) is 101 cm³/mol. The third-order valence-corrected chi connectivity index (χ3v) is 3.85. The monoisotopic (exact) mass is 382 g/mol. The van der Waals surface area contributed by atoms with E-state index in [0.717, 1.165) is 6.07 Å². The van der Waals surface area contributed by atoms with Crippen LogP contribution >= 0.6 is 0 Å². The number of nitrogens with one attached hydrogen (secondary N) is 1. The highest BCUT2D eigenvalue weighted by Gasteiger charge is 2.14. The molecular formula is C18H14N4O6. The summed E-state index contributed by atoms with van der Waals surface area (Å²) in [7, 11) is 1.22. The number of nitro groups is 1. The van der Waals surface area contributed by atoms with Crippen LogP contribution in [0.15, 0.2) is 58.8 Å². The van der Waals surface area contributed by atoms with E-state index < -0.39 is 16.8 Å². The molecule has 28 heavy (non-hydrogen) atoms. The molecule has 0 aliphatic rings. The maximum atomic E-state index is 11.6. The van der Waals surface area contributed by atoms with Gasteiger partial charge in [-0.05, 0) is 23.6 Å². The molecule has 0 radical (unpaired) electrons. The van der Waals surface area contributed by atoms with Crippen molar-refractivity contribution in [1.82, 2.24) is 0 Å². The topological polar surface area (TPSA) is 147 Å². The average Bonchev–Trinajstić information content (AvgIpc) is 2.68. The molecule has 142 valence electrons. The molecule has 0 atom stereocenters. The number of aromatic hydroxyl groups is 2. The van der Waals surface area contributed by atoms with Crippen LogP contribution in [0.2, 0.25) is 0 Å². The maximum Gasteiger partial charge on any atom is 0.411 e. The highest BCUT2D eigenvalue weighted by molar-refractivity contribution is 6.07. The summed E-state index contributed by atoms with van der Waals surface area (Å²) in [5.74, 6) is -0.651. The van der Waals surface area contributed by atoms with Crippen molar-refractivity contribution in [1.29, 1.82) is 0 Å². The lowest BCUT2D eigenvalue weighted by Crippen LogP contribution is -2.11. The number of non-ortho nitro benzene ring substituents is 1. The van der Waals surface area contributed by atoms with Gasteiger partial charge in [0.2, 0.25) is 0 Å². The largest absolute Gasteiger partial charge is 0.506 e. The van der Waals surface area contributed by atoms with Crippen LogP contribution in [0.3, 0.4) is 0 Å². The van der Waals surface area contributed by atoms with Crippen molar-refractivity contribution < 1.29 is 24.7 Å². The predicted octanol–water partition coefficient (Wildman–Crippen LogP) is 4.75. The van der Waals surface area contributed by atoms with Crippen molar-refractivity contribution in [3.05, 3.63) is 58.6 Å². The Labute approximate surface area is 157 Å². The van der Waals surface area contributed by atoms with Gasteiger partial charge in [-0.25, -0.2) is 4.79 Å².